The molecule has 0 amide bonds. The Morgan fingerprint density at radius 2 is 2.00 bits per heavy atom. The topological polar surface area (TPSA) is 58.7 Å². The van der Waals surface area contributed by atoms with E-state index in [0.29, 0.717) is 5.69 Å². The highest BCUT2D eigenvalue weighted by Crippen LogP contribution is 2.22. The van der Waals surface area contributed by atoms with Crippen molar-refractivity contribution in [1.82, 2.24) is 4.90 Å². The average Bonchev–Trinajstić information content (AvgIpc) is 2.22. The van der Waals surface area contributed by atoms with Crippen molar-refractivity contribution in [3.8, 4) is 5.75 Å². The van der Waals surface area contributed by atoms with E-state index in [1.54, 1.807) is 6.07 Å². The number of rotatable bonds is 2. The second kappa shape index (κ2) is 4.94. The first-order valence-electron chi connectivity index (χ1n) is 6.00. The minimum atomic E-state index is 0.150. The predicted molar refractivity (Wildman–Crippen MR) is 67.8 cm³/mol. The smallest absolute Gasteiger partial charge is 0.138 e. The SMILES string of the molecule is C[C@@H]1CN(Cc2ccc(O)c(N)c2)C[C@H](C)O1. The lowest BCUT2D eigenvalue weighted by atomic mass is 10.1. The van der Waals surface area contributed by atoms with Crippen molar-refractivity contribution in [2.24, 2.45) is 0 Å². The van der Waals surface area contributed by atoms with Gasteiger partial charge in [0.1, 0.15) is 5.75 Å². The molecule has 0 spiro atoms. The number of benzene rings is 1. The monoisotopic (exact) mass is 236 g/mol. The molecule has 0 bridgehead atoms. The van der Waals surface area contributed by atoms with Crippen LogP contribution in [0.1, 0.15) is 19.4 Å². The zero-order chi connectivity index (χ0) is 12.4. The molecule has 0 aliphatic carbocycles. The van der Waals surface area contributed by atoms with E-state index in [2.05, 4.69) is 18.7 Å². The third-order valence-corrected chi connectivity index (χ3v) is 2.99. The van der Waals surface area contributed by atoms with Gasteiger partial charge in [0.05, 0.1) is 17.9 Å². The van der Waals surface area contributed by atoms with Crippen LogP contribution in [-0.4, -0.2) is 35.3 Å². The number of morpholine rings is 1. The molecule has 17 heavy (non-hydrogen) atoms. The van der Waals surface area contributed by atoms with E-state index in [-0.39, 0.29) is 18.0 Å². The number of nitrogen functional groups attached to an aromatic ring is 1. The van der Waals surface area contributed by atoms with Gasteiger partial charge in [0.25, 0.3) is 0 Å². The fourth-order valence-corrected chi connectivity index (χ4v) is 2.37. The summed E-state index contributed by atoms with van der Waals surface area (Å²) in [6.45, 7) is 6.90. The molecule has 2 atom stereocenters. The molecule has 1 aromatic carbocycles. The van der Waals surface area contributed by atoms with Crippen LogP contribution in [0.5, 0.6) is 5.75 Å². The zero-order valence-electron chi connectivity index (χ0n) is 10.4. The van der Waals surface area contributed by atoms with Gasteiger partial charge < -0.3 is 15.6 Å². The number of nitrogens with two attached hydrogens (primary N) is 1. The maximum atomic E-state index is 9.38. The fourth-order valence-electron chi connectivity index (χ4n) is 2.37. The molecule has 1 aliphatic heterocycles. The summed E-state index contributed by atoms with van der Waals surface area (Å²) in [7, 11) is 0. The Kier molecular flexibility index (Phi) is 3.54. The molecular weight excluding hydrogens is 216 g/mol. The standard InChI is InChI=1S/C13H20N2O2/c1-9-6-15(7-10(2)17-9)8-11-3-4-13(16)12(14)5-11/h3-5,9-10,16H,6-8,14H2,1-2H3/t9-,10+. The number of anilines is 1. The number of hydrogen-bond acceptors (Lipinski definition) is 4. The van der Waals surface area contributed by atoms with Crippen LogP contribution in [0, 0.1) is 0 Å². The van der Waals surface area contributed by atoms with Gasteiger partial charge in [0.15, 0.2) is 0 Å². The summed E-state index contributed by atoms with van der Waals surface area (Å²) in [6.07, 6.45) is 0.543. The van der Waals surface area contributed by atoms with Gasteiger partial charge in [-0.2, -0.15) is 0 Å². The van der Waals surface area contributed by atoms with Crippen molar-refractivity contribution < 1.29 is 9.84 Å². The highest BCUT2D eigenvalue weighted by molar-refractivity contribution is 5.53. The molecule has 1 heterocycles. The predicted octanol–water partition coefficient (Wildman–Crippen LogP) is 1.58. The Balaban J connectivity index is 2.02. The fraction of sp³-hybridized carbons (Fsp3) is 0.538. The summed E-state index contributed by atoms with van der Waals surface area (Å²) in [5, 5.41) is 9.38. The van der Waals surface area contributed by atoms with Crippen LogP contribution in [-0.2, 0) is 11.3 Å². The second-order valence-electron chi connectivity index (χ2n) is 4.84. The van der Waals surface area contributed by atoms with E-state index in [9.17, 15) is 5.11 Å². The molecule has 0 radical (unpaired) electrons. The molecule has 3 N–H and O–H groups in total. The Morgan fingerprint density at radius 3 is 2.59 bits per heavy atom. The molecule has 0 unspecified atom stereocenters. The third-order valence-electron chi connectivity index (χ3n) is 2.99. The lowest BCUT2D eigenvalue weighted by molar-refractivity contribution is -0.0704. The molecule has 4 heteroatoms. The van der Waals surface area contributed by atoms with E-state index in [1.165, 1.54) is 0 Å². The molecule has 0 aromatic heterocycles. The van der Waals surface area contributed by atoms with Crippen LogP contribution >= 0.6 is 0 Å². The molecule has 1 saturated heterocycles. The number of ether oxygens (including phenoxy) is 1. The summed E-state index contributed by atoms with van der Waals surface area (Å²) in [5.74, 6) is 0.150. The van der Waals surface area contributed by atoms with Crippen LogP contribution in [0.25, 0.3) is 0 Å². The summed E-state index contributed by atoms with van der Waals surface area (Å²) >= 11 is 0. The van der Waals surface area contributed by atoms with Gasteiger partial charge in [-0.05, 0) is 31.5 Å². The number of nitrogens with zero attached hydrogens (tertiary/aromatic N) is 1. The molecule has 1 aromatic rings. The lowest BCUT2D eigenvalue weighted by Gasteiger charge is -2.35. The van der Waals surface area contributed by atoms with Crippen molar-refractivity contribution in [1.29, 1.82) is 0 Å². The van der Waals surface area contributed by atoms with Crippen LogP contribution in [0.4, 0.5) is 5.69 Å². The van der Waals surface area contributed by atoms with E-state index >= 15 is 0 Å². The van der Waals surface area contributed by atoms with Crippen molar-refractivity contribution in [2.45, 2.75) is 32.6 Å². The Bertz CT molecular complexity index is 385. The van der Waals surface area contributed by atoms with E-state index in [4.69, 9.17) is 10.5 Å². The largest absolute Gasteiger partial charge is 0.506 e. The first kappa shape index (κ1) is 12.2. The van der Waals surface area contributed by atoms with Crippen LogP contribution in [0.2, 0.25) is 0 Å². The van der Waals surface area contributed by atoms with Crippen LogP contribution in [0.15, 0.2) is 18.2 Å². The van der Waals surface area contributed by atoms with Crippen molar-refractivity contribution in [3.05, 3.63) is 23.8 Å². The Hall–Kier alpha value is -1.26. The van der Waals surface area contributed by atoms with Crippen LogP contribution < -0.4 is 5.73 Å². The third kappa shape index (κ3) is 3.11. The van der Waals surface area contributed by atoms with E-state index in [0.717, 1.165) is 25.2 Å². The average molecular weight is 236 g/mol. The Morgan fingerprint density at radius 1 is 1.35 bits per heavy atom. The molecule has 1 aliphatic rings. The molecule has 2 rings (SSSR count). The normalized spacial score (nSPS) is 26.0. The maximum Gasteiger partial charge on any atom is 0.138 e. The van der Waals surface area contributed by atoms with Crippen molar-refractivity contribution >= 4 is 5.69 Å². The minimum Gasteiger partial charge on any atom is -0.506 e. The van der Waals surface area contributed by atoms with Gasteiger partial charge >= 0.3 is 0 Å². The lowest BCUT2D eigenvalue weighted by Crippen LogP contribution is -2.44. The second-order valence-corrected chi connectivity index (χ2v) is 4.84. The first-order chi connectivity index (χ1) is 8.04. The maximum absolute atomic E-state index is 9.38. The molecule has 4 nitrogen and oxygen atoms in total. The molecule has 94 valence electrons. The van der Waals surface area contributed by atoms with Crippen molar-refractivity contribution in [3.63, 3.8) is 0 Å². The van der Waals surface area contributed by atoms with E-state index in [1.807, 2.05) is 12.1 Å². The van der Waals surface area contributed by atoms with Gasteiger partial charge in [-0.25, -0.2) is 0 Å². The number of phenolic OH excluding ortho intramolecular Hbond substituents is 1. The van der Waals surface area contributed by atoms with Gasteiger partial charge in [-0.3, -0.25) is 4.90 Å². The van der Waals surface area contributed by atoms with Gasteiger partial charge in [0.2, 0.25) is 0 Å². The van der Waals surface area contributed by atoms with Gasteiger partial charge in [0, 0.05) is 19.6 Å². The quantitative estimate of drug-likeness (QED) is 0.604. The summed E-state index contributed by atoms with van der Waals surface area (Å²) in [4.78, 5) is 2.35. The number of phenols is 1. The van der Waals surface area contributed by atoms with E-state index < -0.39 is 0 Å². The molecule has 1 fully saturated rings. The highest BCUT2D eigenvalue weighted by atomic mass is 16.5. The highest BCUT2D eigenvalue weighted by Gasteiger charge is 2.22. The molecular formula is C13H20N2O2. The van der Waals surface area contributed by atoms with Crippen LogP contribution in [0.3, 0.4) is 0 Å². The first-order valence-corrected chi connectivity index (χ1v) is 6.00. The number of aromatic hydroxyl groups is 1. The molecule has 0 saturated carbocycles. The number of hydrogen-bond donors (Lipinski definition) is 2. The summed E-state index contributed by atoms with van der Waals surface area (Å²) < 4.78 is 5.69. The van der Waals surface area contributed by atoms with Crippen molar-refractivity contribution in [2.75, 3.05) is 18.8 Å². The zero-order valence-corrected chi connectivity index (χ0v) is 10.4. The Labute approximate surface area is 102 Å². The summed E-state index contributed by atoms with van der Waals surface area (Å²) in [5.41, 5.74) is 7.26. The van der Waals surface area contributed by atoms with Gasteiger partial charge in [-0.15, -0.1) is 0 Å². The minimum absolute atomic E-state index is 0.150. The summed E-state index contributed by atoms with van der Waals surface area (Å²) in [6, 6.07) is 5.40. The van der Waals surface area contributed by atoms with Gasteiger partial charge in [-0.1, -0.05) is 6.07 Å².